The van der Waals surface area contributed by atoms with Gasteiger partial charge in [-0.15, -0.1) is 0 Å². The van der Waals surface area contributed by atoms with E-state index in [1.165, 1.54) is 0 Å². The number of pyridine rings is 1. The van der Waals surface area contributed by atoms with E-state index in [-0.39, 0.29) is 12.2 Å². The van der Waals surface area contributed by atoms with Gasteiger partial charge >= 0.3 is 0 Å². The van der Waals surface area contributed by atoms with Gasteiger partial charge < -0.3 is 19.6 Å². The SMILES string of the molecule is COc1ccccc1-c1nc2ccc(N)cn2c1CN1CC(C)OC(C)C1. The highest BCUT2D eigenvalue weighted by atomic mass is 16.5. The number of hydrogen-bond donors (Lipinski definition) is 1. The van der Waals surface area contributed by atoms with E-state index in [2.05, 4.69) is 29.2 Å². The van der Waals surface area contributed by atoms with Gasteiger partial charge in [0.1, 0.15) is 11.4 Å². The van der Waals surface area contributed by atoms with Gasteiger partial charge in [0.2, 0.25) is 0 Å². The van der Waals surface area contributed by atoms with Crippen molar-refractivity contribution in [2.24, 2.45) is 0 Å². The maximum atomic E-state index is 6.07. The van der Waals surface area contributed by atoms with Crippen molar-refractivity contribution in [1.29, 1.82) is 0 Å². The van der Waals surface area contributed by atoms with Crippen LogP contribution in [0.2, 0.25) is 0 Å². The molecule has 6 heteroatoms. The lowest BCUT2D eigenvalue weighted by molar-refractivity contribution is -0.0707. The summed E-state index contributed by atoms with van der Waals surface area (Å²) in [6, 6.07) is 11.9. The van der Waals surface area contributed by atoms with Crippen LogP contribution in [0.15, 0.2) is 42.6 Å². The van der Waals surface area contributed by atoms with Crippen molar-refractivity contribution in [1.82, 2.24) is 14.3 Å². The fourth-order valence-corrected chi connectivity index (χ4v) is 3.94. The predicted molar refractivity (Wildman–Crippen MR) is 107 cm³/mol. The van der Waals surface area contributed by atoms with Gasteiger partial charge in [-0.3, -0.25) is 4.90 Å². The van der Waals surface area contributed by atoms with Crippen molar-refractivity contribution in [3.05, 3.63) is 48.3 Å². The van der Waals surface area contributed by atoms with Crippen LogP contribution >= 0.6 is 0 Å². The number of aromatic nitrogens is 2. The fraction of sp³-hybridized carbons (Fsp3) is 0.381. The number of nitrogen functional groups attached to an aromatic ring is 1. The molecule has 1 saturated heterocycles. The first-order valence-electron chi connectivity index (χ1n) is 9.33. The molecule has 1 aliphatic heterocycles. The maximum Gasteiger partial charge on any atom is 0.137 e. The highest BCUT2D eigenvalue weighted by molar-refractivity contribution is 5.72. The van der Waals surface area contributed by atoms with Gasteiger partial charge in [0, 0.05) is 37.1 Å². The average Bonchev–Trinajstić information content (AvgIpc) is 2.98. The lowest BCUT2D eigenvalue weighted by atomic mass is 10.1. The first-order chi connectivity index (χ1) is 13.0. The minimum absolute atomic E-state index is 0.215. The number of anilines is 1. The predicted octanol–water partition coefficient (Wildman–Crippen LogP) is 3.20. The Hall–Kier alpha value is -2.57. The van der Waals surface area contributed by atoms with Crippen LogP contribution in [-0.2, 0) is 11.3 Å². The first kappa shape index (κ1) is 17.8. The number of nitrogens with two attached hydrogens (primary N) is 1. The smallest absolute Gasteiger partial charge is 0.137 e. The second-order valence-electron chi connectivity index (χ2n) is 7.25. The van der Waals surface area contributed by atoms with E-state index >= 15 is 0 Å². The molecule has 2 N–H and O–H groups in total. The van der Waals surface area contributed by atoms with Crippen molar-refractivity contribution in [3.63, 3.8) is 0 Å². The molecule has 3 aromatic rings. The van der Waals surface area contributed by atoms with Gasteiger partial charge in [-0.2, -0.15) is 0 Å². The Kier molecular flexibility index (Phi) is 4.76. The minimum atomic E-state index is 0.215. The molecule has 6 nitrogen and oxygen atoms in total. The molecule has 0 spiro atoms. The molecule has 0 radical (unpaired) electrons. The van der Waals surface area contributed by atoms with Crippen molar-refractivity contribution in [2.75, 3.05) is 25.9 Å². The summed E-state index contributed by atoms with van der Waals surface area (Å²) >= 11 is 0. The number of fused-ring (bicyclic) bond motifs is 1. The quantitative estimate of drug-likeness (QED) is 0.768. The zero-order valence-corrected chi connectivity index (χ0v) is 16.1. The summed E-state index contributed by atoms with van der Waals surface area (Å²) in [5, 5.41) is 0. The number of morpholine rings is 1. The van der Waals surface area contributed by atoms with E-state index < -0.39 is 0 Å². The second kappa shape index (κ2) is 7.21. The van der Waals surface area contributed by atoms with Crippen LogP contribution in [0, 0.1) is 0 Å². The third kappa shape index (κ3) is 3.50. The number of imidazole rings is 1. The Bertz CT molecular complexity index is 943. The van der Waals surface area contributed by atoms with Gasteiger partial charge in [0.25, 0.3) is 0 Å². The summed E-state index contributed by atoms with van der Waals surface area (Å²) in [7, 11) is 1.69. The van der Waals surface area contributed by atoms with Gasteiger partial charge in [0.05, 0.1) is 30.7 Å². The van der Waals surface area contributed by atoms with Crippen LogP contribution < -0.4 is 10.5 Å². The molecule has 1 aromatic carbocycles. The molecule has 2 unspecified atom stereocenters. The summed E-state index contributed by atoms with van der Waals surface area (Å²) in [6.45, 7) is 6.80. The van der Waals surface area contributed by atoms with E-state index in [1.54, 1.807) is 7.11 Å². The Morgan fingerprint density at radius 2 is 1.89 bits per heavy atom. The molecule has 2 atom stereocenters. The first-order valence-corrected chi connectivity index (χ1v) is 9.33. The van der Waals surface area contributed by atoms with Gasteiger partial charge in [-0.25, -0.2) is 4.98 Å². The van der Waals surface area contributed by atoms with Crippen LogP contribution in [0.5, 0.6) is 5.75 Å². The van der Waals surface area contributed by atoms with E-state index in [0.29, 0.717) is 0 Å². The molecule has 0 saturated carbocycles. The largest absolute Gasteiger partial charge is 0.496 e. The van der Waals surface area contributed by atoms with Crippen molar-refractivity contribution < 1.29 is 9.47 Å². The van der Waals surface area contributed by atoms with Crippen LogP contribution in [0.3, 0.4) is 0 Å². The number of nitrogens with zero attached hydrogens (tertiary/aromatic N) is 3. The Morgan fingerprint density at radius 3 is 2.63 bits per heavy atom. The Balaban J connectivity index is 1.83. The second-order valence-corrected chi connectivity index (χ2v) is 7.25. The van der Waals surface area contributed by atoms with Crippen LogP contribution in [0.1, 0.15) is 19.5 Å². The monoisotopic (exact) mass is 366 g/mol. The normalized spacial score (nSPS) is 20.9. The maximum absolute atomic E-state index is 6.07. The van der Waals surface area contributed by atoms with E-state index in [1.807, 2.05) is 36.5 Å². The molecule has 1 aliphatic rings. The third-order valence-corrected chi connectivity index (χ3v) is 4.97. The summed E-state index contributed by atoms with van der Waals surface area (Å²) < 4.78 is 13.6. The van der Waals surface area contributed by atoms with Crippen molar-refractivity contribution >= 4 is 11.3 Å². The Morgan fingerprint density at radius 1 is 1.15 bits per heavy atom. The molecular weight excluding hydrogens is 340 g/mol. The lowest BCUT2D eigenvalue weighted by Crippen LogP contribution is -2.45. The molecule has 0 aliphatic carbocycles. The minimum Gasteiger partial charge on any atom is -0.496 e. The zero-order valence-electron chi connectivity index (χ0n) is 16.1. The number of rotatable bonds is 4. The number of methoxy groups -OCH3 is 1. The number of para-hydroxylation sites is 1. The summed E-state index contributed by atoms with van der Waals surface area (Å²) in [4.78, 5) is 7.33. The molecular formula is C21H26N4O2. The van der Waals surface area contributed by atoms with Gasteiger partial charge in [0.15, 0.2) is 0 Å². The van der Waals surface area contributed by atoms with Crippen LogP contribution in [0.4, 0.5) is 5.69 Å². The molecule has 0 bridgehead atoms. The molecule has 1 fully saturated rings. The third-order valence-electron chi connectivity index (χ3n) is 4.97. The van der Waals surface area contributed by atoms with E-state index in [9.17, 15) is 0 Å². The number of ether oxygens (including phenoxy) is 2. The molecule has 3 heterocycles. The van der Waals surface area contributed by atoms with Crippen molar-refractivity contribution in [3.8, 4) is 17.0 Å². The average molecular weight is 366 g/mol. The highest BCUT2D eigenvalue weighted by Gasteiger charge is 2.25. The molecule has 142 valence electrons. The summed E-state index contributed by atoms with van der Waals surface area (Å²) in [5.41, 5.74) is 10.7. The molecule has 4 rings (SSSR count). The lowest BCUT2D eigenvalue weighted by Gasteiger charge is -2.35. The topological polar surface area (TPSA) is 65.0 Å². The standard InChI is InChI=1S/C21H26N4O2/c1-14-10-24(11-15(2)27-14)13-18-21(17-6-4-5-7-19(17)26-3)23-20-9-8-16(22)12-25(18)20/h4-9,12,14-15H,10-11,13,22H2,1-3H3. The van der Waals surface area contributed by atoms with E-state index in [0.717, 1.165) is 53.7 Å². The highest BCUT2D eigenvalue weighted by Crippen LogP contribution is 2.33. The molecule has 0 amide bonds. The van der Waals surface area contributed by atoms with Gasteiger partial charge in [-0.05, 0) is 38.1 Å². The van der Waals surface area contributed by atoms with Crippen LogP contribution in [0.25, 0.3) is 16.9 Å². The van der Waals surface area contributed by atoms with Gasteiger partial charge in [-0.1, -0.05) is 12.1 Å². The summed E-state index contributed by atoms with van der Waals surface area (Å²) in [5.74, 6) is 0.818. The Labute approximate surface area is 159 Å². The number of hydrogen-bond acceptors (Lipinski definition) is 5. The van der Waals surface area contributed by atoms with E-state index in [4.69, 9.17) is 20.2 Å². The van der Waals surface area contributed by atoms with Crippen LogP contribution in [-0.4, -0.2) is 46.7 Å². The molecule has 2 aromatic heterocycles. The molecule has 27 heavy (non-hydrogen) atoms. The fourth-order valence-electron chi connectivity index (χ4n) is 3.94. The number of benzene rings is 1. The van der Waals surface area contributed by atoms with Crippen molar-refractivity contribution in [2.45, 2.75) is 32.6 Å². The summed E-state index contributed by atoms with van der Waals surface area (Å²) in [6.07, 6.45) is 2.38. The zero-order chi connectivity index (χ0) is 19.0.